The van der Waals surface area contributed by atoms with Crippen LogP contribution in [0.1, 0.15) is 42.5 Å². The first-order valence-electron chi connectivity index (χ1n) is 9.30. The highest BCUT2D eigenvalue weighted by Gasteiger charge is 2.18. The van der Waals surface area contributed by atoms with Gasteiger partial charge in [-0.2, -0.15) is 5.10 Å². The summed E-state index contributed by atoms with van der Waals surface area (Å²) < 4.78 is 1.85. The number of hydrogen-bond acceptors (Lipinski definition) is 5. The third-order valence-corrected chi connectivity index (χ3v) is 4.81. The maximum absolute atomic E-state index is 12.6. The molecule has 1 unspecified atom stereocenters. The number of benzene rings is 1. The summed E-state index contributed by atoms with van der Waals surface area (Å²) in [5, 5.41) is 7.24. The zero-order valence-corrected chi connectivity index (χ0v) is 15.9. The third kappa shape index (κ3) is 4.22. The quantitative estimate of drug-likeness (QED) is 0.857. The molecular formula is C19H28N6O. The second kappa shape index (κ2) is 8.31. The van der Waals surface area contributed by atoms with E-state index in [1.807, 2.05) is 35.9 Å². The molecule has 0 bridgehead atoms. The minimum absolute atomic E-state index is 0.0894. The van der Waals surface area contributed by atoms with Crippen LogP contribution in [-0.4, -0.2) is 58.8 Å². The Morgan fingerprint density at radius 1 is 1.19 bits per heavy atom. The molecule has 1 fully saturated rings. The maximum atomic E-state index is 12.6. The van der Waals surface area contributed by atoms with Crippen molar-refractivity contribution < 1.29 is 4.79 Å². The Labute approximate surface area is 155 Å². The zero-order chi connectivity index (χ0) is 18.5. The average molecular weight is 356 g/mol. The summed E-state index contributed by atoms with van der Waals surface area (Å²) >= 11 is 0. The van der Waals surface area contributed by atoms with Crippen molar-refractivity contribution in [3.63, 3.8) is 0 Å². The molecule has 1 saturated heterocycles. The summed E-state index contributed by atoms with van der Waals surface area (Å²) in [6, 6.07) is 7.67. The van der Waals surface area contributed by atoms with Gasteiger partial charge in [0.2, 0.25) is 0 Å². The Bertz CT molecular complexity index is 718. The zero-order valence-electron chi connectivity index (χ0n) is 15.9. The van der Waals surface area contributed by atoms with E-state index >= 15 is 0 Å². The predicted molar refractivity (Wildman–Crippen MR) is 102 cm³/mol. The number of anilines is 1. The van der Waals surface area contributed by atoms with Crippen LogP contribution < -0.4 is 10.2 Å². The van der Waals surface area contributed by atoms with E-state index in [0.29, 0.717) is 5.56 Å². The molecule has 0 radical (unpaired) electrons. The van der Waals surface area contributed by atoms with E-state index < -0.39 is 0 Å². The number of rotatable bonds is 6. The molecule has 140 valence electrons. The lowest BCUT2D eigenvalue weighted by atomic mass is 10.1. The van der Waals surface area contributed by atoms with E-state index in [0.717, 1.165) is 45.0 Å². The van der Waals surface area contributed by atoms with E-state index in [1.54, 1.807) is 6.33 Å². The molecule has 7 heteroatoms. The van der Waals surface area contributed by atoms with Gasteiger partial charge >= 0.3 is 0 Å². The first-order chi connectivity index (χ1) is 12.6. The number of aryl methyl sites for hydroxylation is 1. The standard InChI is InChI=1S/C19H28N6O/c1-4-9-25-18(20-14-21-25)15(2)22-19(26)16-5-7-17(8-6-16)24-12-10-23(3)11-13-24/h5-8,14-15H,4,9-13H2,1-3H3,(H,22,26). The largest absolute Gasteiger partial charge is 0.369 e. The van der Waals surface area contributed by atoms with Gasteiger partial charge in [-0.15, -0.1) is 0 Å². The number of amides is 1. The molecule has 3 rings (SSSR count). The Morgan fingerprint density at radius 2 is 1.88 bits per heavy atom. The highest BCUT2D eigenvalue weighted by Crippen LogP contribution is 2.18. The molecule has 0 spiro atoms. The summed E-state index contributed by atoms with van der Waals surface area (Å²) in [6.07, 6.45) is 2.52. The van der Waals surface area contributed by atoms with Crippen molar-refractivity contribution in [2.45, 2.75) is 32.9 Å². The number of nitrogens with zero attached hydrogens (tertiary/aromatic N) is 5. The lowest BCUT2D eigenvalue weighted by molar-refractivity contribution is 0.0937. The second-order valence-electron chi connectivity index (χ2n) is 6.87. The number of hydrogen-bond donors (Lipinski definition) is 1. The number of aromatic nitrogens is 3. The molecule has 2 aromatic rings. The predicted octanol–water partition coefficient (Wildman–Crippen LogP) is 1.93. The van der Waals surface area contributed by atoms with Gasteiger partial charge < -0.3 is 15.1 Å². The lowest BCUT2D eigenvalue weighted by Crippen LogP contribution is -2.44. The van der Waals surface area contributed by atoms with E-state index in [-0.39, 0.29) is 11.9 Å². The molecule has 1 aliphatic rings. The number of carbonyl (C=O) groups excluding carboxylic acids is 1. The van der Waals surface area contributed by atoms with Crippen LogP contribution in [0.5, 0.6) is 0 Å². The van der Waals surface area contributed by atoms with Crippen LogP contribution in [0.3, 0.4) is 0 Å². The van der Waals surface area contributed by atoms with Crippen LogP contribution in [0.25, 0.3) is 0 Å². The molecule has 1 N–H and O–H groups in total. The first-order valence-corrected chi connectivity index (χ1v) is 9.30. The summed E-state index contributed by atoms with van der Waals surface area (Å²) in [7, 11) is 2.15. The van der Waals surface area contributed by atoms with E-state index in [2.05, 4.69) is 39.2 Å². The first kappa shape index (κ1) is 18.4. The topological polar surface area (TPSA) is 66.3 Å². The molecular weight excluding hydrogens is 328 g/mol. The third-order valence-electron chi connectivity index (χ3n) is 4.81. The molecule has 1 aromatic carbocycles. The fourth-order valence-corrected chi connectivity index (χ4v) is 3.23. The van der Waals surface area contributed by atoms with Crippen LogP contribution in [0, 0.1) is 0 Å². The van der Waals surface area contributed by atoms with Gasteiger partial charge in [0.25, 0.3) is 5.91 Å². The number of carbonyl (C=O) groups is 1. The van der Waals surface area contributed by atoms with Crippen molar-refractivity contribution in [3.05, 3.63) is 42.0 Å². The molecule has 1 aliphatic heterocycles. The highest BCUT2D eigenvalue weighted by molar-refractivity contribution is 5.94. The van der Waals surface area contributed by atoms with Crippen molar-refractivity contribution in [1.29, 1.82) is 0 Å². The highest BCUT2D eigenvalue weighted by atomic mass is 16.1. The van der Waals surface area contributed by atoms with Crippen molar-refractivity contribution in [2.75, 3.05) is 38.1 Å². The molecule has 7 nitrogen and oxygen atoms in total. The molecule has 0 aliphatic carbocycles. The van der Waals surface area contributed by atoms with Gasteiger partial charge in [-0.25, -0.2) is 9.67 Å². The lowest BCUT2D eigenvalue weighted by Gasteiger charge is -2.34. The van der Waals surface area contributed by atoms with Gasteiger partial charge in [-0.3, -0.25) is 4.79 Å². The van der Waals surface area contributed by atoms with Gasteiger partial charge in [0.1, 0.15) is 12.2 Å². The Kier molecular flexibility index (Phi) is 5.88. The van der Waals surface area contributed by atoms with Crippen LogP contribution in [0.15, 0.2) is 30.6 Å². The van der Waals surface area contributed by atoms with Gasteiger partial charge in [-0.05, 0) is 44.7 Å². The molecule has 0 saturated carbocycles. The van der Waals surface area contributed by atoms with Crippen molar-refractivity contribution in [3.8, 4) is 0 Å². The molecule has 2 heterocycles. The van der Waals surface area contributed by atoms with Crippen molar-refractivity contribution >= 4 is 11.6 Å². The van der Waals surface area contributed by atoms with Crippen molar-refractivity contribution in [2.24, 2.45) is 0 Å². The normalized spacial score (nSPS) is 16.5. The minimum Gasteiger partial charge on any atom is -0.369 e. The van der Waals surface area contributed by atoms with Gasteiger partial charge in [0, 0.05) is 44.0 Å². The Balaban J connectivity index is 1.62. The van der Waals surface area contributed by atoms with Gasteiger partial charge in [0.05, 0.1) is 6.04 Å². The van der Waals surface area contributed by atoms with Crippen LogP contribution >= 0.6 is 0 Å². The number of likely N-dealkylation sites (N-methyl/N-ethyl adjacent to an activating group) is 1. The molecule has 1 atom stereocenters. The number of piperazine rings is 1. The fourth-order valence-electron chi connectivity index (χ4n) is 3.23. The molecule has 1 aromatic heterocycles. The fraction of sp³-hybridized carbons (Fsp3) is 0.526. The minimum atomic E-state index is -0.186. The average Bonchev–Trinajstić information content (AvgIpc) is 3.11. The molecule has 1 amide bonds. The second-order valence-corrected chi connectivity index (χ2v) is 6.87. The van der Waals surface area contributed by atoms with Crippen LogP contribution in [0.4, 0.5) is 5.69 Å². The maximum Gasteiger partial charge on any atom is 0.251 e. The van der Waals surface area contributed by atoms with Crippen LogP contribution in [-0.2, 0) is 6.54 Å². The summed E-state index contributed by atoms with van der Waals surface area (Å²) in [6.45, 7) is 9.01. The Hall–Kier alpha value is -2.41. The Morgan fingerprint density at radius 3 is 2.54 bits per heavy atom. The van der Waals surface area contributed by atoms with Crippen molar-refractivity contribution in [1.82, 2.24) is 25.0 Å². The van der Waals surface area contributed by atoms with E-state index in [9.17, 15) is 4.79 Å². The SMILES string of the molecule is CCCn1ncnc1C(C)NC(=O)c1ccc(N2CCN(C)CC2)cc1. The molecule has 26 heavy (non-hydrogen) atoms. The van der Waals surface area contributed by atoms with E-state index in [4.69, 9.17) is 0 Å². The van der Waals surface area contributed by atoms with Gasteiger partial charge in [0.15, 0.2) is 0 Å². The summed E-state index contributed by atoms with van der Waals surface area (Å²) in [5.41, 5.74) is 1.83. The number of nitrogens with one attached hydrogen (secondary N) is 1. The van der Waals surface area contributed by atoms with Gasteiger partial charge in [-0.1, -0.05) is 6.92 Å². The summed E-state index contributed by atoms with van der Waals surface area (Å²) in [4.78, 5) is 21.5. The van der Waals surface area contributed by atoms with E-state index in [1.165, 1.54) is 5.69 Å². The monoisotopic (exact) mass is 356 g/mol. The summed E-state index contributed by atoms with van der Waals surface area (Å²) in [5.74, 6) is 0.697. The van der Waals surface area contributed by atoms with Crippen LogP contribution in [0.2, 0.25) is 0 Å². The smallest absolute Gasteiger partial charge is 0.251 e.